The maximum absolute atomic E-state index is 6.67. The first-order chi connectivity index (χ1) is 26.1. The summed E-state index contributed by atoms with van der Waals surface area (Å²) in [7, 11) is 0. The van der Waals surface area contributed by atoms with Gasteiger partial charge in [-0.2, -0.15) is 0 Å². The van der Waals surface area contributed by atoms with Crippen LogP contribution >= 0.6 is 0 Å². The molecule has 0 fully saturated rings. The van der Waals surface area contributed by atoms with Crippen molar-refractivity contribution >= 4 is 77.1 Å². The molecule has 0 aliphatic carbocycles. The third-order valence-corrected chi connectivity index (χ3v) is 10.2. The van der Waals surface area contributed by atoms with Crippen LogP contribution in [0, 0.1) is 0 Å². The Balaban J connectivity index is 0.998. The topological polar surface area (TPSA) is 77.0 Å². The number of fused-ring (bicyclic) bond motifs is 8. The fraction of sp³-hybridized carbons (Fsp3) is 0.0417. The van der Waals surface area contributed by atoms with Gasteiger partial charge in [0.2, 0.25) is 0 Å². The second kappa shape index (κ2) is 12.4. The molecule has 8 aromatic carbocycles. The molecule has 0 bridgehead atoms. The SMILES string of the molecule is CC/N=C(\N=C(/N)c1ccc2cc(-c3cccc4oc5ccc(-c6ccc7ccccc7c6)cc5c34)ccc2c1)c1ccc2c(c1)oc1ccccc12. The predicted octanol–water partition coefficient (Wildman–Crippen LogP) is 12.3. The van der Waals surface area contributed by atoms with E-state index in [0.29, 0.717) is 18.2 Å². The molecule has 2 aromatic heterocycles. The molecule has 0 amide bonds. The van der Waals surface area contributed by atoms with E-state index in [1.807, 2.05) is 43.3 Å². The van der Waals surface area contributed by atoms with Crippen molar-refractivity contribution in [2.75, 3.05) is 6.54 Å². The van der Waals surface area contributed by atoms with Crippen molar-refractivity contribution in [3.8, 4) is 22.3 Å². The number of nitrogens with zero attached hydrogens (tertiary/aromatic N) is 2. The molecule has 252 valence electrons. The second-order valence-corrected chi connectivity index (χ2v) is 13.4. The van der Waals surface area contributed by atoms with Crippen LogP contribution in [0.1, 0.15) is 18.1 Å². The van der Waals surface area contributed by atoms with Crippen LogP contribution in [0.15, 0.2) is 177 Å². The molecule has 0 atom stereocenters. The molecular weight excluding hydrogens is 651 g/mol. The molecule has 53 heavy (non-hydrogen) atoms. The predicted molar refractivity (Wildman–Crippen MR) is 221 cm³/mol. The fourth-order valence-electron chi connectivity index (χ4n) is 7.57. The molecule has 2 heterocycles. The van der Waals surface area contributed by atoms with Gasteiger partial charge in [0.05, 0.1) is 0 Å². The summed E-state index contributed by atoms with van der Waals surface area (Å²) in [5.74, 6) is 0.983. The minimum atomic E-state index is 0.407. The minimum Gasteiger partial charge on any atom is -0.456 e. The quantitative estimate of drug-likeness (QED) is 0.145. The first-order valence-corrected chi connectivity index (χ1v) is 17.9. The van der Waals surface area contributed by atoms with E-state index in [-0.39, 0.29) is 0 Å². The molecule has 2 N–H and O–H groups in total. The van der Waals surface area contributed by atoms with Gasteiger partial charge in [0.15, 0.2) is 5.84 Å². The summed E-state index contributed by atoms with van der Waals surface area (Å²) in [4.78, 5) is 9.54. The van der Waals surface area contributed by atoms with Gasteiger partial charge in [-0.25, -0.2) is 4.99 Å². The molecule has 0 saturated carbocycles. The Labute approximate surface area is 305 Å². The molecule has 10 rings (SSSR count). The summed E-state index contributed by atoms with van der Waals surface area (Å²) in [6.45, 7) is 2.57. The Hall–Kier alpha value is -6.98. The minimum absolute atomic E-state index is 0.407. The van der Waals surface area contributed by atoms with E-state index in [0.717, 1.165) is 82.5 Å². The van der Waals surface area contributed by atoms with Crippen LogP contribution in [0.2, 0.25) is 0 Å². The van der Waals surface area contributed by atoms with Crippen LogP contribution in [-0.2, 0) is 0 Å². The highest BCUT2D eigenvalue weighted by molar-refractivity contribution is 6.15. The first kappa shape index (κ1) is 30.8. The lowest BCUT2D eigenvalue weighted by Gasteiger charge is -2.09. The second-order valence-electron chi connectivity index (χ2n) is 13.4. The number of amidine groups is 2. The van der Waals surface area contributed by atoms with Gasteiger partial charge >= 0.3 is 0 Å². The summed E-state index contributed by atoms with van der Waals surface area (Å²) < 4.78 is 12.5. The van der Waals surface area contributed by atoms with E-state index >= 15 is 0 Å². The largest absolute Gasteiger partial charge is 0.456 e. The van der Waals surface area contributed by atoms with Crippen LogP contribution in [0.3, 0.4) is 0 Å². The Morgan fingerprint density at radius 3 is 2.06 bits per heavy atom. The summed E-state index contributed by atoms with van der Waals surface area (Å²) in [6.07, 6.45) is 0. The fourth-order valence-corrected chi connectivity index (χ4v) is 7.57. The van der Waals surface area contributed by atoms with Gasteiger partial charge in [0.25, 0.3) is 0 Å². The zero-order valence-electron chi connectivity index (χ0n) is 29.0. The zero-order chi connectivity index (χ0) is 35.5. The summed E-state index contributed by atoms with van der Waals surface area (Å²) in [6, 6.07) is 54.8. The molecule has 10 aromatic rings. The average Bonchev–Trinajstić information content (AvgIpc) is 3.77. The van der Waals surface area contributed by atoms with Crippen molar-refractivity contribution in [1.29, 1.82) is 0 Å². The van der Waals surface area contributed by atoms with Crippen molar-refractivity contribution in [3.05, 3.63) is 169 Å². The van der Waals surface area contributed by atoms with Gasteiger partial charge in [0, 0.05) is 39.2 Å². The van der Waals surface area contributed by atoms with E-state index in [2.05, 4.69) is 121 Å². The number of aliphatic imine (C=N–C) groups is 2. The van der Waals surface area contributed by atoms with Crippen molar-refractivity contribution in [1.82, 2.24) is 0 Å². The molecule has 0 aliphatic rings. The van der Waals surface area contributed by atoms with Crippen molar-refractivity contribution in [3.63, 3.8) is 0 Å². The van der Waals surface area contributed by atoms with E-state index in [4.69, 9.17) is 24.6 Å². The highest BCUT2D eigenvalue weighted by Gasteiger charge is 2.15. The Morgan fingerprint density at radius 2 is 1.13 bits per heavy atom. The average molecular weight is 684 g/mol. The van der Waals surface area contributed by atoms with Gasteiger partial charge in [-0.15, -0.1) is 0 Å². The molecule has 5 heteroatoms. The number of para-hydroxylation sites is 1. The van der Waals surface area contributed by atoms with Crippen LogP contribution < -0.4 is 5.73 Å². The van der Waals surface area contributed by atoms with E-state index in [1.165, 1.54) is 16.3 Å². The lowest BCUT2D eigenvalue weighted by molar-refractivity contribution is 0.668. The third kappa shape index (κ3) is 5.33. The van der Waals surface area contributed by atoms with Gasteiger partial charge in [-0.1, -0.05) is 103 Å². The molecule has 0 unspecified atom stereocenters. The lowest BCUT2D eigenvalue weighted by atomic mass is 9.95. The van der Waals surface area contributed by atoms with Crippen molar-refractivity contribution in [2.45, 2.75) is 6.92 Å². The molecular formula is C48H33N3O2. The van der Waals surface area contributed by atoms with Crippen molar-refractivity contribution in [2.24, 2.45) is 15.7 Å². The maximum Gasteiger partial charge on any atom is 0.157 e. The molecule has 0 saturated heterocycles. The van der Waals surface area contributed by atoms with Gasteiger partial charge in [0.1, 0.15) is 28.2 Å². The smallest absolute Gasteiger partial charge is 0.157 e. The maximum atomic E-state index is 6.67. The van der Waals surface area contributed by atoms with Crippen LogP contribution in [0.25, 0.3) is 87.7 Å². The molecule has 0 radical (unpaired) electrons. The summed E-state index contributed by atoms with van der Waals surface area (Å²) in [5.41, 5.74) is 16.4. The van der Waals surface area contributed by atoms with E-state index < -0.39 is 0 Å². The Kier molecular flexibility index (Phi) is 7.18. The van der Waals surface area contributed by atoms with Crippen molar-refractivity contribution < 1.29 is 8.83 Å². The Bertz CT molecular complexity index is 3130. The van der Waals surface area contributed by atoms with Gasteiger partial charge in [-0.3, -0.25) is 4.99 Å². The van der Waals surface area contributed by atoms with Crippen LogP contribution in [-0.4, -0.2) is 18.2 Å². The normalized spacial score (nSPS) is 12.6. The highest BCUT2D eigenvalue weighted by atomic mass is 16.3. The molecule has 5 nitrogen and oxygen atoms in total. The number of benzene rings is 8. The first-order valence-electron chi connectivity index (χ1n) is 17.9. The highest BCUT2D eigenvalue weighted by Crippen LogP contribution is 2.39. The molecule has 0 spiro atoms. The number of furan rings is 2. The van der Waals surface area contributed by atoms with Crippen LogP contribution in [0.5, 0.6) is 0 Å². The third-order valence-electron chi connectivity index (χ3n) is 10.2. The molecule has 0 aliphatic heterocycles. The Morgan fingerprint density at radius 1 is 0.491 bits per heavy atom. The van der Waals surface area contributed by atoms with Gasteiger partial charge < -0.3 is 14.6 Å². The lowest BCUT2D eigenvalue weighted by Crippen LogP contribution is -2.16. The van der Waals surface area contributed by atoms with Gasteiger partial charge in [-0.05, 0) is 105 Å². The standard InChI is InChI=1S/C48H33N3O2/c1-2-50-48(37-20-22-40-39-10-5-6-12-42(39)53-45(40)28-37)51-47(49)36-19-17-32-25-35(18-16-33(32)26-36)38-11-7-13-44-46(38)41-27-34(21-23-43(41)52-44)31-15-14-29-8-3-4-9-30(29)24-31/h3-28H,2H2,1H3,(H2,49,50,51). The number of nitrogens with two attached hydrogens (primary N) is 1. The van der Waals surface area contributed by atoms with E-state index in [1.54, 1.807) is 0 Å². The number of hydrogen-bond donors (Lipinski definition) is 1. The number of rotatable bonds is 5. The summed E-state index contributed by atoms with van der Waals surface area (Å²) >= 11 is 0. The number of hydrogen-bond acceptors (Lipinski definition) is 3. The van der Waals surface area contributed by atoms with E-state index in [9.17, 15) is 0 Å². The monoisotopic (exact) mass is 683 g/mol. The zero-order valence-corrected chi connectivity index (χ0v) is 29.0. The van der Waals surface area contributed by atoms with Crippen LogP contribution in [0.4, 0.5) is 0 Å². The summed E-state index contributed by atoms with van der Waals surface area (Å²) in [5, 5.41) is 9.01.